The SMILES string of the molecule is OC[C@@H]1O[C@@H](NCc2ccc(Cl)cc2)[C@@H](O)[C@H](O)[C@@H]1O. The summed E-state index contributed by atoms with van der Waals surface area (Å²) in [4.78, 5) is 0. The van der Waals surface area contributed by atoms with Crippen LogP contribution < -0.4 is 5.32 Å². The molecule has 0 spiro atoms. The second-order valence-corrected chi connectivity index (χ2v) is 5.19. The van der Waals surface area contributed by atoms with E-state index in [1.165, 1.54) is 0 Å². The third-order valence-electron chi connectivity index (χ3n) is 3.31. The quantitative estimate of drug-likeness (QED) is 0.501. The molecule has 0 aromatic heterocycles. The maximum absolute atomic E-state index is 9.84. The first-order chi connectivity index (χ1) is 9.52. The molecule has 1 aliphatic heterocycles. The van der Waals surface area contributed by atoms with Gasteiger partial charge < -0.3 is 25.2 Å². The van der Waals surface area contributed by atoms with Crippen LogP contribution in [0.1, 0.15) is 5.56 Å². The number of ether oxygens (including phenoxy) is 1. The third-order valence-corrected chi connectivity index (χ3v) is 3.56. The van der Waals surface area contributed by atoms with Gasteiger partial charge in [-0.1, -0.05) is 23.7 Å². The predicted molar refractivity (Wildman–Crippen MR) is 72.1 cm³/mol. The number of nitrogens with one attached hydrogen (secondary N) is 1. The second kappa shape index (κ2) is 6.82. The van der Waals surface area contributed by atoms with Gasteiger partial charge in [-0.2, -0.15) is 0 Å². The highest BCUT2D eigenvalue weighted by Gasteiger charge is 2.43. The van der Waals surface area contributed by atoms with Crippen molar-refractivity contribution < 1.29 is 25.2 Å². The lowest BCUT2D eigenvalue weighted by Gasteiger charge is -2.40. The minimum atomic E-state index is -1.37. The van der Waals surface area contributed by atoms with Crippen molar-refractivity contribution in [2.75, 3.05) is 6.61 Å². The number of rotatable bonds is 4. The molecule has 1 saturated heterocycles. The Labute approximate surface area is 121 Å². The summed E-state index contributed by atoms with van der Waals surface area (Å²) in [5.74, 6) is 0. The summed E-state index contributed by atoms with van der Waals surface area (Å²) in [7, 11) is 0. The number of halogens is 1. The molecule has 0 aliphatic carbocycles. The zero-order valence-corrected chi connectivity index (χ0v) is 11.4. The Hall–Kier alpha value is -0.730. The summed E-state index contributed by atoms with van der Waals surface area (Å²) in [6.45, 7) is -0.0517. The molecule has 1 aromatic carbocycles. The molecule has 1 fully saturated rings. The summed E-state index contributed by atoms with van der Waals surface area (Å²) in [6, 6.07) is 7.12. The molecule has 0 unspecified atom stereocenters. The molecule has 112 valence electrons. The van der Waals surface area contributed by atoms with E-state index in [1.54, 1.807) is 12.1 Å². The molecule has 5 N–H and O–H groups in total. The minimum absolute atomic E-state index is 0.389. The molecule has 1 aliphatic rings. The lowest BCUT2D eigenvalue weighted by atomic mass is 9.98. The van der Waals surface area contributed by atoms with E-state index in [0.29, 0.717) is 11.6 Å². The van der Waals surface area contributed by atoms with Gasteiger partial charge in [0.15, 0.2) is 0 Å². The van der Waals surface area contributed by atoms with Crippen molar-refractivity contribution in [1.82, 2.24) is 5.32 Å². The van der Waals surface area contributed by atoms with Crippen molar-refractivity contribution in [3.63, 3.8) is 0 Å². The average molecular weight is 304 g/mol. The van der Waals surface area contributed by atoms with Gasteiger partial charge in [-0.15, -0.1) is 0 Å². The zero-order chi connectivity index (χ0) is 14.7. The number of hydrogen-bond donors (Lipinski definition) is 5. The maximum atomic E-state index is 9.84. The Morgan fingerprint density at radius 2 is 1.70 bits per heavy atom. The summed E-state index contributed by atoms with van der Waals surface area (Å²) < 4.78 is 5.33. The molecule has 1 heterocycles. The highest BCUT2D eigenvalue weighted by Crippen LogP contribution is 2.20. The largest absolute Gasteiger partial charge is 0.394 e. The zero-order valence-electron chi connectivity index (χ0n) is 10.7. The smallest absolute Gasteiger partial charge is 0.137 e. The van der Waals surface area contributed by atoms with E-state index >= 15 is 0 Å². The molecule has 6 nitrogen and oxygen atoms in total. The highest BCUT2D eigenvalue weighted by atomic mass is 35.5. The van der Waals surface area contributed by atoms with Crippen LogP contribution in [0.25, 0.3) is 0 Å². The van der Waals surface area contributed by atoms with Crippen LogP contribution in [0, 0.1) is 0 Å². The van der Waals surface area contributed by atoms with Gasteiger partial charge in [0.25, 0.3) is 0 Å². The first-order valence-electron chi connectivity index (χ1n) is 6.31. The average Bonchev–Trinajstić information content (AvgIpc) is 2.46. The Bertz CT molecular complexity index is 427. The summed E-state index contributed by atoms with van der Waals surface area (Å²) >= 11 is 5.78. The van der Waals surface area contributed by atoms with Gasteiger partial charge >= 0.3 is 0 Å². The summed E-state index contributed by atoms with van der Waals surface area (Å²) in [5, 5.41) is 41.8. The Balaban J connectivity index is 1.95. The van der Waals surface area contributed by atoms with Crippen molar-refractivity contribution in [2.24, 2.45) is 0 Å². The van der Waals surface area contributed by atoms with Crippen LogP contribution in [-0.2, 0) is 11.3 Å². The Kier molecular flexibility index (Phi) is 5.34. The van der Waals surface area contributed by atoms with Crippen molar-refractivity contribution >= 4 is 11.6 Å². The third kappa shape index (κ3) is 3.48. The van der Waals surface area contributed by atoms with Gasteiger partial charge in [-0.3, -0.25) is 5.32 Å². The van der Waals surface area contributed by atoms with Crippen molar-refractivity contribution in [3.8, 4) is 0 Å². The molecule has 7 heteroatoms. The molecule has 1 aromatic rings. The summed E-state index contributed by atoms with van der Waals surface area (Å²) in [6.07, 6.45) is -5.77. The second-order valence-electron chi connectivity index (χ2n) is 4.76. The maximum Gasteiger partial charge on any atom is 0.137 e. The minimum Gasteiger partial charge on any atom is -0.394 e. The lowest BCUT2D eigenvalue weighted by Crippen LogP contribution is -2.62. The Morgan fingerprint density at radius 3 is 2.30 bits per heavy atom. The van der Waals surface area contributed by atoms with E-state index < -0.39 is 37.3 Å². The molecule has 0 saturated carbocycles. The van der Waals surface area contributed by atoms with Crippen LogP contribution in [-0.4, -0.2) is 57.7 Å². The number of benzene rings is 1. The Morgan fingerprint density at radius 1 is 1.05 bits per heavy atom. The highest BCUT2D eigenvalue weighted by molar-refractivity contribution is 6.30. The fraction of sp³-hybridized carbons (Fsp3) is 0.538. The first kappa shape index (κ1) is 15.7. The molecular weight excluding hydrogens is 286 g/mol. The van der Waals surface area contributed by atoms with E-state index in [4.69, 9.17) is 21.4 Å². The lowest BCUT2D eigenvalue weighted by molar-refractivity contribution is -0.236. The van der Waals surface area contributed by atoms with Gasteiger partial charge in [0.1, 0.15) is 30.6 Å². The van der Waals surface area contributed by atoms with Gasteiger partial charge in [0, 0.05) is 11.6 Å². The van der Waals surface area contributed by atoms with Crippen LogP contribution in [0.15, 0.2) is 24.3 Å². The number of hydrogen-bond acceptors (Lipinski definition) is 6. The fourth-order valence-corrected chi connectivity index (χ4v) is 2.22. The van der Waals surface area contributed by atoms with Crippen LogP contribution >= 0.6 is 11.6 Å². The van der Waals surface area contributed by atoms with Gasteiger partial charge in [0.2, 0.25) is 0 Å². The number of aliphatic hydroxyl groups excluding tert-OH is 4. The van der Waals surface area contributed by atoms with Gasteiger partial charge in [0.05, 0.1) is 6.61 Å². The van der Waals surface area contributed by atoms with Crippen molar-refractivity contribution in [2.45, 2.75) is 37.2 Å². The van der Waals surface area contributed by atoms with E-state index in [-0.39, 0.29) is 0 Å². The first-order valence-corrected chi connectivity index (χ1v) is 6.69. The standard InChI is InChI=1S/C13H18ClNO5/c14-8-3-1-7(2-4-8)5-15-13-12(19)11(18)10(17)9(6-16)20-13/h1-4,9-13,15-19H,5-6H2/t9-,10+,11+,12-,13+/m0/s1. The van der Waals surface area contributed by atoms with Crippen LogP contribution in [0.2, 0.25) is 5.02 Å². The predicted octanol–water partition coefficient (Wildman–Crippen LogP) is -0.771. The van der Waals surface area contributed by atoms with Crippen molar-refractivity contribution in [1.29, 1.82) is 0 Å². The van der Waals surface area contributed by atoms with E-state index in [9.17, 15) is 15.3 Å². The van der Waals surface area contributed by atoms with Crippen LogP contribution in [0.4, 0.5) is 0 Å². The van der Waals surface area contributed by atoms with E-state index in [2.05, 4.69) is 5.32 Å². The van der Waals surface area contributed by atoms with Crippen LogP contribution in [0.3, 0.4) is 0 Å². The molecule has 0 radical (unpaired) electrons. The molecular formula is C13H18ClNO5. The van der Waals surface area contributed by atoms with E-state index in [1.807, 2.05) is 12.1 Å². The number of aliphatic hydroxyl groups is 4. The van der Waals surface area contributed by atoms with E-state index in [0.717, 1.165) is 5.56 Å². The van der Waals surface area contributed by atoms with Crippen molar-refractivity contribution in [3.05, 3.63) is 34.9 Å². The van der Waals surface area contributed by atoms with Gasteiger partial charge in [-0.05, 0) is 17.7 Å². The van der Waals surface area contributed by atoms with Crippen LogP contribution in [0.5, 0.6) is 0 Å². The fourth-order valence-electron chi connectivity index (χ4n) is 2.09. The monoisotopic (exact) mass is 303 g/mol. The summed E-state index contributed by atoms with van der Waals surface area (Å²) in [5.41, 5.74) is 0.923. The molecule has 0 amide bonds. The molecule has 5 atom stereocenters. The normalized spacial score (nSPS) is 34.1. The van der Waals surface area contributed by atoms with Gasteiger partial charge in [-0.25, -0.2) is 0 Å². The molecule has 20 heavy (non-hydrogen) atoms. The molecule has 0 bridgehead atoms. The molecule has 2 rings (SSSR count). The topological polar surface area (TPSA) is 102 Å².